The standard InChI is InChI=1S/C14H18ClN3O/c1-17(10-12-9-16-18(2)11-12)7-8-19-14-5-3-13(15)4-6-14/h3-6,9,11H,7-8,10H2,1-2H3. The number of aromatic nitrogens is 2. The van der Waals surface area contributed by atoms with Gasteiger partial charge in [0.2, 0.25) is 0 Å². The number of halogens is 1. The minimum Gasteiger partial charge on any atom is -0.492 e. The van der Waals surface area contributed by atoms with Crippen molar-refractivity contribution in [2.75, 3.05) is 20.2 Å². The Labute approximate surface area is 118 Å². The molecule has 0 bridgehead atoms. The molecule has 0 aliphatic carbocycles. The zero-order valence-electron chi connectivity index (χ0n) is 11.2. The highest BCUT2D eigenvalue weighted by molar-refractivity contribution is 6.30. The van der Waals surface area contributed by atoms with Crippen LogP contribution in [-0.2, 0) is 13.6 Å². The fraction of sp³-hybridized carbons (Fsp3) is 0.357. The number of hydrogen-bond donors (Lipinski definition) is 0. The predicted molar refractivity (Wildman–Crippen MR) is 76.5 cm³/mol. The lowest BCUT2D eigenvalue weighted by Gasteiger charge is -2.16. The molecule has 0 radical (unpaired) electrons. The molecule has 19 heavy (non-hydrogen) atoms. The molecule has 0 fully saturated rings. The van der Waals surface area contributed by atoms with E-state index in [1.807, 2.05) is 48.4 Å². The molecule has 1 heterocycles. The molecule has 0 N–H and O–H groups in total. The lowest BCUT2D eigenvalue weighted by molar-refractivity contribution is 0.233. The Kier molecular flexibility index (Phi) is 4.82. The van der Waals surface area contributed by atoms with Crippen LogP contribution in [0.15, 0.2) is 36.7 Å². The highest BCUT2D eigenvalue weighted by Crippen LogP contribution is 2.15. The predicted octanol–water partition coefficient (Wildman–Crippen LogP) is 2.58. The molecule has 1 aromatic heterocycles. The highest BCUT2D eigenvalue weighted by Gasteiger charge is 2.02. The first kappa shape index (κ1) is 13.9. The first-order chi connectivity index (χ1) is 9.13. The van der Waals surface area contributed by atoms with Crippen LogP contribution in [0.4, 0.5) is 0 Å². The maximum atomic E-state index is 5.82. The number of hydrogen-bond acceptors (Lipinski definition) is 3. The van der Waals surface area contributed by atoms with Crippen molar-refractivity contribution in [3.63, 3.8) is 0 Å². The highest BCUT2D eigenvalue weighted by atomic mass is 35.5. The van der Waals surface area contributed by atoms with E-state index in [1.54, 1.807) is 0 Å². The summed E-state index contributed by atoms with van der Waals surface area (Å²) in [5.41, 5.74) is 1.21. The molecule has 102 valence electrons. The first-order valence-electron chi connectivity index (χ1n) is 6.18. The van der Waals surface area contributed by atoms with E-state index in [0.717, 1.165) is 23.9 Å². The van der Waals surface area contributed by atoms with Gasteiger partial charge >= 0.3 is 0 Å². The molecule has 0 saturated carbocycles. The van der Waals surface area contributed by atoms with Crippen LogP contribution in [0.1, 0.15) is 5.56 Å². The molecule has 0 spiro atoms. The summed E-state index contributed by atoms with van der Waals surface area (Å²) in [4.78, 5) is 2.20. The van der Waals surface area contributed by atoms with Gasteiger partial charge in [0.1, 0.15) is 12.4 Å². The monoisotopic (exact) mass is 279 g/mol. The van der Waals surface area contributed by atoms with E-state index >= 15 is 0 Å². The van der Waals surface area contributed by atoms with Crippen LogP contribution in [-0.4, -0.2) is 34.9 Å². The van der Waals surface area contributed by atoms with Gasteiger partial charge in [0, 0.05) is 36.9 Å². The van der Waals surface area contributed by atoms with Gasteiger partial charge in [0.25, 0.3) is 0 Å². The summed E-state index contributed by atoms with van der Waals surface area (Å²) in [6.07, 6.45) is 3.91. The lowest BCUT2D eigenvalue weighted by atomic mass is 10.3. The molecular weight excluding hydrogens is 262 g/mol. The van der Waals surface area contributed by atoms with E-state index in [4.69, 9.17) is 16.3 Å². The summed E-state index contributed by atoms with van der Waals surface area (Å²) < 4.78 is 7.47. The molecule has 0 unspecified atom stereocenters. The SMILES string of the molecule is CN(CCOc1ccc(Cl)cc1)Cc1cnn(C)c1. The molecular formula is C14H18ClN3O. The Morgan fingerprint density at radius 2 is 2.05 bits per heavy atom. The van der Waals surface area contributed by atoms with Crippen molar-refractivity contribution in [1.29, 1.82) is 0 Å². The van der Waals surface area contributed by atoms with Crippen molar-refractivity contribution < 1.29 is 4.74 Å². The van der Waals surface area contributed by atoms with Gasteiger partial charge in [-0.2, -0.15) is 5.10 Å². The van der Waals surface area contributed by atoms with E-state index < -0.39 is 0 Å². The van der Waals surface area contributed by atoms with Gasteiger partial charge in [-0.3, -0.25) is 9.58 Å². The molecule has 0 aliphatic rings. The van der Waals surface area contributed by atoms with Gasteiger partial charge in [0.15, 0.2) is 0 Å². The number of aryl methyl sites for hydroxylation is 1. The summed E-state index contributed by atoms with van der Waals surface area (Å²) in [7, 11) is 3.99. The molecule has 1 aromatic carbocycles. The van der Waals surface area contributed by atoms with Crippen molar-refractivity contribution in [3.05, 3.63) is 47.2 Å². The molecule has 0 amide bonds. The van der Waals surface area contributed by atoms with E-state index in [2.05, 4.69) is 17.0 Å². The molecule has 5 heteroatoms. The molecule has 0 aliphatic heterocycles. The zero-order valence-corrected chi connectivity index (χ0v) is 12.0. The van der Waals surface area contributed by atoms with Crippen LogP contribution < -0.4 is 4.74 Å². The van der Waals surface area contributed by atoms with Crippen LogP contribution in [0, 0.1) is 0 Å². The van der Waals surface area contributed by atoms with Crippen LogP contribution in [0.3, 0.4) is 0 Å². The molecule has 4 nitrogen and oxygen atoms in total. The third kappa shape index (κ3) is 4.58. The summed E-state index contributed by atoms with van der Waals surface area (Å²) in [6, 6.07) is 7.42. The van der Waals surface area contributed by atoms with Crippen molar-refractivity contribution >= 4 is 11.6 Å². The van der Waals surface area contributed by atoms with Gasteiger partial charge in [0.05, 0.1) is 6.20 Å². The van der Waals surface area contributed by atoms with Crippen LogP contribution in [0.2, 0.25) is 5.02 Å². The van der Waals surface area contributed by atoms with E-state index in [0.29, 0.717) is 6.61 Å². The third-order valence-electron chi connectivity index (χ3n) is 2.77. The molecule has 2 aromatic rings. The van der Waals surface area contributed by atoms with Gasteiger partial charge in [-0.05, 0) is 31.3 Å². The van der Waals surface area contributed by atoms with Crippen molar-refractivity contribution in [3.8, 4) is 5.75 Å². The number of likely N-dealkylation sites (N-methyl/N-ethyl adjacent to an activating group) is 1. The first-order valence-corrected chi connectivity index (χ1v) is 6.56. The number of benzene rings is 1. The third-order valence-corrected chi connectivity index (χ3v) is 3.02. The second-order valence-electron chi connectivity index (χ2n) is 4.56. The van der Waals surface area contributed by atoms with E-state index in [-0.39, 0.29) is 0 Å². The van der Waals surface area contributed by atoms with Crippen molar-refractivity contribution in [2.24, 2.45) is 7.05 Å². The summed E-state index contributed by atoms with van der Waals surface area (Å²) in [5.74, 6) is 0.846. The largest absolute Gasteiger partial charge is 0.492 e. The maximum absolute atomic E-state index is 5.82. The maximum Gasteiger partial charge on any atom is 0.119 e. The normalized spacial score (nSPS) is 10.9. The Bertz CT molecular complexity index is 510. The van der Waals surface area contributed by atoms with E-state index in [9.17, 15) is 0 Å². The quantitative estimate of drug-likeness (QED) is 0.814. The Balaban J connectivity index is 1.71. The number of ether oxygens (including phenoxy) is 1. The smallest absolute Gasteiger partial charge is 0.119 e. The molecule has 0 saturated heterocycles. The van der Waals surface area contributed by atoms with Crippen LogP contribution in [0.5, 0.6) is 5.75 Å². The topological polar surface area (TPSA) is 30.3 Å². The minimum absolute atomic E-state index is 0.651. The summed E-state index contributed by atoms with van der Waals surface area (Å²) >= 11 is 5.82. The van der Waals surface area contributed by atoms with Crippen LogP contribution >= 0.6 is 11.6 Å². The van der Waals surface area contributed by atoms with Gasteiger partial charge in [-0.25, -0.2) is 0 Å². The fourth-order valence-electron chi connectivity index (χ4n) is 1.79. The van der Waals surface area contributed by atoms with Gasteiger partial charge in [-0.15, -0.1) is 0 Å². The summed E-state index contributed by atoms with van der Waals surface area (Å²) in [6.45, 7) is 2.38. The van der Waals surface area contributed by atoms with Gasteiger partial charge < -0.3 is 4.74 Å². The second-order valence-corrected chi connectivity index (χ2v) is 5.00. The Hall–Kier alpha value is -1.52. The Morgan fingerprint density at radius 1 is 1.32 bits per heavy atom. The number of rotatable bonds is 6. The second kappa shape index (κ2) is 6.59. The molecule has 2 rings (SSSR count). The van der Waals surface area contributed by atoms with Crippen LogP contribution in [0.25, 0.3) is 0 Å². The average molecular weight is 280 g/mol. The average Bonchev–Trinajstić information content (AvgIpc) is 2.77. The number of nitrogens with zero attached hydrogens (tertiary/aromatic N) is 3. The van der Waals surface area contributed by atoms with Gasteiger partial charge in [-0.1, -0.05) is 11.6 Å². The lowest BCUT2D eigenvalue weighted by Crippen LogP contribution is -2.23. The van der Waals surface area contributed by atoms with E-state index in [1.165, 1.54) is 5.56 Å². The fourth-order valence-corrected chi connectivity index (χ4v) is 1.92. The Morgan fingerprint density at radius 3 is 2.68 bits per heavy atom. The van der Waals surface area contributed by atoms with Crippen molar-refractivity contribution in [1.82, 2.24) is 14.7 Å². The minimum atomic E-state index is 0.651. The zero-order chi connectivity index (χ0) is 13.7. The van der Waals surface area contributed by atoms with Crippen molar-refractivity contribution in [2.45, 2.75) is 6.54 Å². The molecule has 0 atom stereocenters. The summed E-state index contributed by atoms with van der Waals surface area (Å²) in [5, 5.41) is 4.88.